The Kier molecular flexibility index (Phi) is 3.63. The second-order valence-corrected chi connectivity index (χ2v) is 3.37. The topological polar surface area (TPSA) is 54.5 Å². The minimum Gasteiger partial charge on any atom is -0.246 e. The third kappa shape index (κ3) is 1.92. The molecule has 1 unspecified atom stereocenters. The molecular formula is C10H16N4. The van der Waals surface area contributed by atoms with Crippen LogP contribution >= 0.6 is 0 Å². The molecule has 4 nitrogen and oxygen atoms in total. The number of nitriles is 1. The summed E-state index contributed by atoms with van der Waals surface area (Å²) in [6.07, 6.45) is 2.27. The monoisotopic (exact) mass is 192 g/mol. The van der Waals surface area contributed by atoms with Crippen LogP contribution in [-0.4, -0.2) is 15.0 Å². The lowest BCUT2D eigenvalue weighted by molar-refractivity contribution is 0.449. The number of rotatable bonds is 4. The van der Waals surface area contributed by atoms with Crippen LogP contribution in [0, 0.1) is 11.3 Å². The fourth-order valence-electron chi connectivity index (χ4n) is 1.45. The van der Waals surface area contributed by atoms with Crippen LogP contribution < -0.4 is 0 Å². The quantitative estimate of drug-likeness (QED) is 0.731. The Morgan fingerprint density at radius 2 is 2.21 bits per heavy atom. The zero-order chi connectivity index (χ0) is 10.6. The van der Waals surface area contributed by atoms with Crippen molar-refractivity contribution in [2.75, 3.05) is 0 Å². The van der Waals surface area contributed by atoms with Gasteiger partial charge in [-0.25, -0.2) is 4.68 Å². The minimum absolute atomic E-state index is 0.361. The molecule has 0 radical (unpaired) electrons. The molecule has 4 heteroatoms. The van der Waals surface area contributed by atoms with Crippen molar-refractivity contribution < 1.29 is 0 Å². The molecule has 1 heterocycles. The molecule has 0 saturated heterocycles. The van der Waals surface area contributed by atoms with E-state index in [1.807, 2.05) is 4.68 Å². The van der Waals surface area contributed by atoms with Crippen LogP contribution in [0.2, 0.25) is 0 Å². The van der Waals surface area contributed by atoms with Crippen molar-refractivity contribution in [2.24, 2.45) is 0 Å². The maximum absolute atomic E-state index is 8.62. The zero-order valence-electron chi connectivity index (χ0n) is 8.99. The van der Waals surface area contributed by atoms with Crippen molar-refractivity contribution in [3.63, 3.8) is 0 Å². The molecule has 0 N–H and O–H groups in total. The van der Waals surface area contributed by atoms with Crippen LogP contribution in [0.3, 0.4) is 0 Å². The number of aromatic nitrogens is 3. The third-order valence-corrected chi connectivity index (χ3v) is 2.46. The van der Waals surface area contributed by atoms with Crippen molar-refractivity contribution in [2.45, 2.75) is 46.1 Å². The number of nitrogens with zero attached hydrogens (tertiary/aromatic N) is 4. The summed E-state index contributed by atoms with van der Waals surface area (Å²) < 4.78 is 1.94. The van der Waals surface area contributed by atoms with E-state index >= 15 is 0 Å². The van der Waals surface area contributed by atoms with Crippen LogP contribution in [0.25, 0.3) is 0 Å². The number of hydrogen-bond acceptors (Lipinski definition) is 3. The first-order chi connectivity index (χ1) is 6.74. The Morgan fingerprint density at radius 3 is 2.71 bits per heavy atom. The van der Waals surface area contributed by atoms with Gasteiger partial charge in [0.2, 0.25) is 0 Å². The van der Waals surface area contributed by atoms with E-state index in [9.17, 15) is 0 Å². The molecule has 0 fully saturated rings. The molecule has 0 aliphatic carbocycles. The summed E-state index contributed by atoms with van der Waals surface area (Å²) in [5.74, 6) is 0. The van der Waals surface area contributed by atoms with Crippen molar-refractivity contribution in [3.8, 4) is 6.07 Å². The average Bonchev–Trinajstić information content (AvgIpc) is 2.60. The Balaban J connectivity index is 3.01. The summed E-state index contributed by atoms with van der Waals surface area (Å²) >= 11 is 0. The Bertz CT molecular complexity index is 334. The van der Waals surface area contributed by atoms with E-state index in [1.165, 1.54) is 0 Å². The van der Waals surface area contributed by atoms with Gasteiger partial charge in [-0.3, -0.25) is 0 Å². The number of hydrogen-bond donors (Lipinski definition) is 0. The lowest BCUT2D eigenvalue weighted by atomic mass is 10.2. The standard InChI is InChI=1S/C10H16N4/c1-4-8(3)14-10(5-2)9(6-7-11)12-13-14/h8H,4-6H2,1-3H3. The van der Waals surface area contributed by atoms with Gasteiger partial charge in [0.25, 0.3) is 0 Å². The molecule has 0 bridgehead atoms. The minimum atomic E-state index is 0.361. The van der Waals surface area contributed by atoms with Crippen molar-refractivity contribution >= 4 is 0 Å². The van der Waals surface area contributed by atoms with E-state index in [0.717, 1.165) is 24.2 Å². The van der Waals surface area contributed by atoms with Gasteiger partial charge in [0.15, 0.2) is 0 Å². The summed E-state index contributed by atoms with van der Waals surface area (Å²) in [5, 5.41) is 16.7. The van der Waals surface area contributed by atoms with Gasteiger partial charge in [-0.15, -0.1) is 5.10 Å². The molecule has 0 saturated carbocycles. The van der Waals surface area contributed by atoms with Gasteiger partial charge in [0.1, 0.15) is 0 Å². The smallest absolute Gasteiger partial charge is 0.0999 e. The van der Waals surface area contributed by atoms with E-state index in [4.69, 9.17) is 5.26 Å². The van der Waals surface area contributed by atoms with Crippen LogP contribution in [0.5, 0.6) is 0 Å². The van der Waals surface area contributed by atoms with Gasteiger partial charge in [-0.1, -0.05) is 19.1 Å². The fraction of sp³-hybridized carbons (Fsp3) is 0.700. The molecular weight excluding hydrogens is 176 g/mol. The molecule has 1 rings (SSSR count). The molecule has 14 heavy (non-hydrogen) atoms. The first-order valence-corrected chi connectivity index (χ1v) is 5.04. The second-order valence-electron chi connectivity index (χ2n) is 3.37. The Labute approximate surface area is 84.5 Å². The first-order valence-electron chi connectivity index (χ1n) is 5.04. The van der Waals surface area contributed by atoms with Crippen LogP contribution in [0.1, 0.15) is 44.6 Å². The summed E-state index contributed by atoms with van der Waals surface area (Å²) in [6, 6.07) is 2.48. The predicted molar refractivity (Wildman–Crippen MR) is 53.7 cm³/mol. The normalized spacial score (nSPS) is 12.4. The highest BCUT2D eigenvalue weighted by Crippen LogP contribution is 2.15. The highest BCUT2D eigenvalue weighted by molar-refractivity contribution is 5.14. The van der Waals surface area contributed by atoms with Gasteiger partial charge in [-0.05, 0) is 19.8 Å². The van der Waals surface area contributed by atoms with Crippen molar-refractivity contribution in [3.05, 3.63) is 11.4 Å². The highest BCUT2D eigenvalue weighted by atomic mass is 15.4. The van der Waals surface area contributed by atoms with Gasteiger partial charge >= 0.3 is 0 Å². The predicted octanol–water partition coefficient (Wildman–Crippen LogP) is 1.88. The summed E-state index contributed by atoms with van der Waals surface area (Å²) in [7, 11) is 0. The van der Waals surface area contributed by atoms with Gasteiger partial charge < -0.3 is 0 Å². The van der Waals surface area contributed by atoms with Crippen molar-refractivity contribution in [1.29, 1.82) is 5.26 Å². The molecule has 1 aromatic rings. The molecule has 0 aromatic carbocycles. The summed E-state index contributed by atoms with van der Waals surface area (Å²) in [6.45, 7) is 6.30. The van der Waals surface area contributed by atoms with E-state index in [1.54, 1.807) is 0 Å². The lowest BCUT2D eigenvalue weighted by Gasteiger charge is -2.11. The first kappa shape index (κ1) is 10.7. The summed E-state index contributed by atoms with van der Waals surface area (Å²) in [4.78, 5) is 0. The molecule has 0 aliphatic rings. The molecule has 76 valence electrons. The molecule has 0 spiro atoms. The van der Waals surface area contributed by atoms with Gasteiger partial charge in [0, 0.05) is 0 Å². The maximum atomic E-state index is 8.62. The fourth-order valence-corrected chi connectivity index (χ4v) is 1.45. The van der Waals surface area contributed by atoms with E-state index in [2.05, 4.69) is 37.2 Å². The molecule has 0 amide bonds. The Morgan fingerprint density at radius 1 is 1.50 bits per heavy atom. The molecule has 0 aliphatic heterocycles. The van der Waals surface area contributed by atoms with E-state index in [0.29, 0.717) is 12.5 Å². The molecule has 1 aromatic heterocycles. The zero-order valence-corrected chi connectivity index (χ0v) is 8.99. The third-order valence-electron chi connectivity index (χ3n) is 2.46. The molecule has 1 atom stereocenters. The van der Waals surface area contributed by atoms with Crippen LogP contribution in [-0.2, 0) is 12.8 Å². The highest BCUT2D eigenvalue weighted by Gasteiger charge is 2.13. The van der Waals surface area contributed by atoms with Gasteiger partial charge in [0.05, 0.1) is 29.9 Å². The largest absolute Gasteiger partial charge is 0.246 e. The Hall–Kier alpha value is -1.37. The van der Waals surface area contributed by atoms with Crippen molar-refractivity contribution in [1.82, 2.24) is 15.0 Å². The van der Waals surface area contributed by atoms with E-state index in [-0.39, 0.29) is 0 Å². The van der Waals surface area contributed by atoms with Crippen LogP contribution in [0.15, 0.2) is 0 Å². The SMILES string of the molecule is CCc1c(CC#N)nnn1C(C)CC. The van der Waals surface area contributed by atoms with Gasteiger partial charge in [-0.2, -0.15) is 5.26 Å². The average molecular weight is 192 g/mol. The van der Waals surface area contributed by atoms with E-state index < -0.39 is 0 Å². The lowest BCUT2D eigenvalue weighted by Crippen LogP contribution is -2.10. The second kappa shape index (κ2) is 4.75. The summed E-state index contributed by atoms with van der Waals surface area (Å²) in [5.41, 5.74) is 1.93. The van der Waals surface area contributed by atoms with Crippen LogP contribution in [0.4, 0.5) is 0 Å². The maximum Gasteiger partial charge on any atom is 0.0999 e.